The molecule has 0 fully saturated rings. The molecule has 0 aliphatic heterocycles. The van der Waals surface area contributed by atoms with Gasteiger partial charge >= 0.3 is 0 Å². The van der Waals surface area contributed by atoms with Crippen LogP contribution in [0.1, 0.15) is 33.3 Å². The van der Waals surface area contributed by atoms with Gasteiger partial charge in [0.1, 0.15) is 0 Å². The zero-order valence-corrected chi connectivity index (χ0v) is 10.3. The van der Waals surface area contributed by atoms with Crippen molar-refractivity contribution in [3.63, 3.8) is 0 Å². The first-order valence-electron chi connectivity index (χ1n) is 5.54. The number of nitrogens with zero attached hydrogens (tertiary/aromatic N) is 2. The van der Waals surface area contributed by atoms with Crippen molar-refractivity contribution in [1.29, 1.82) is 0 Å². The Morgan fingerprint density at radius 3 is 2.07 bits per heavy atom. The maximum atomic E-state index is 4.13. The normalized spacial score (nSPS) is 8.33. The van der Waals surface area contributed by atoms with Crippen LogP contribution in [0.2, 0.25) is 0 Å². The van der Waals surface area contributed by atoms with Crippen LogP contribution in [-0.4, -0.2) is 9.97 Å². The summed E-state index contributed by atoms with van der Waals surface area (Å²) < 4.78 is 0. The van der Waals surface area contributed by atoms with Crippen molar-refractivity contribution in [1.82, 2.24) is 9.97 Å². The summed E-state index contributed by atoms with van der Waals surface area (Å²) in [5.41, 5.74) is 2.05. The predicted octanol–water partition coefficient (Wildman–Crippen LogP) is 3.99. The van der Waals surface area contributed by atoms with Gasteiger partial charge in [-0.05, 0) is 30.7 Å². The van der Waals surface area contributed by atoms with Crippen molar-refractivity contribution in [3.05, 3.63) is 36.2 Å². The Labute approximate surface area is 92.4 Å². The molecule has 2 heterocycles. The van der Waals surface area contributed by atoms with Gasteiger partial charge in [0.05, 0.1) is 0 Å². The Bertz CT molecular complexity index is 378. The van der Waals surface area contributed by atoms with E-state index in [1.165, 1.54) is 5.56 Å². The third-order valence-corrected chi connectivity index (χ3v) is 1.73. The highest BCUT2D eigenvalue weighted by atomic mass is 14.8. The van der Waals surface area contributed by atoms with Crippen molar-refractivity contribution in [3.8, 4) is 0 Å². The first kappa shape index (κ1) is 13.6. The Morgan fingerprint density at radius 1 is 0.867 bits per heavy atom. The van der Waals surface area contributed by atoms with Crippen molar-refractivity contribution < 1.29 is 0 Å². The molecule has 0 saturated carbocycles. The summed E-state index contributed by atoms with van der Waals surface area (Å²) in [6.07, 6.45) is 3.54. The minimum Gasteiger partial charge on any atom is -0.237 e. The van der Waals surface area contributed by atoms with Gasteiger partial charge in [0, 0.05) is 17.8 Å². The Kier molecular flexibility index (Phi) is 7.16. The van der Waals surface area contributed by atoms with Crippen LogP contribution in [0.5, 0.6) is 0 Å². The lowest BCUT2D eigenvalue weighted by Crippen LogP contribution is -1.83. The zero-order chi connectivity index (χ0) is 11.7. The summed E-state index contributed by atoms with van der Waals surface area (Å²) in [6, 6.07) is 5.95. The van der Waals surface area contributed by atoms with Gasteiger partial charge in [0.2, 0.25) is 0 Å². The summed E-state index contributed by atoms with van der Waals surface area (Å²) in [4.78, 5) is 8.26. The second kappa shape index (κ2) is 7.92. The summed E-state index contributed by atoms with van der Waals surface area (Å²) >= 11 is 0. The van der Waals surface area contributed by atoms with Gasteiger partial charge in [-0.1, -0.05) is 27.7 Å². The summed E-state index contributed by atoms with van der Waals surface area (Å²) in [6.45, 7) is 10.1. The number of fused-ring (bicyclic) bond motifs is 1. The van der Waals surface area contributed by atoms with Crippen LogP contribution in [0.4, 0.5) is 0 Å². The van der Waals surface area contributed by atoms with Gasteiger partial charge in [0.25, 0.3) is 0 Å². The fraction of sp³-hybridized carbons (Fsp3) is 0.385. The second-order valence-corrected chi connectivity index (χ2v) is 2.50. The lowest BCUT2D eigenvalue weighted by Gasteiger charge is -1.96. The largest absolute Gasteiger partial charge is 0.237 e. The van der Waals surface area contributed by atoms with E-state index in [0.717, 1.165) is 11.0 Å². The molecule has 0 atom stereocenters. The number of pyridine rings is 2. The van der Waals surface area contributed by atoms with Crippen LogP contribution < -0.4 is 0 Å². The van der Waals surface area contributed by atoms with Crippen LogP contribution in [-0.2, 0) is 0 Å². The minimum atomic E-state index is 0.826. The second-order valence-electron chi connectivity index (χ2n) is 2.50. The molecule has 0 N–H and O–H groups in total. The molecule has 0 aliphatic rings. The average molecular weight is 204 g/mol. The molecule has 15 heavy (non-hydrogen) atoms. The molecule has 0 bridgehead atoms. The molecule has 0 radical (unpaired) electrons. The molecule has 0 saturated heterocycles. The number of aryl methyl sites for hydroxylation is 1. The monoisotopic (exact) mass is 204 g/mol. The van der Waals surface area contributed by atoms with E-state index in [1.54, 1.807) is 12.4 Å². The molecule has 0 amide bonds. The standard InChI is InChI=1S/C9H8N2.2C2H6/c1-7-4-6-11-9-8(7)3-2-5-10-9;2*1-2/h2-6H,1H3;2*1-2H3. The molecule has 0 aromatic carbocycles. The van der Waals surface area contributed by atoms with Crippen molar-refractivity contribution in [2.24, 2.45) is 0 Å². The Morgan fingerprint density at radius 2 is 1.47 bits per heavy atom. The molecule has 2 heteroatoms. The zero-order valence-electron chi connectivity index (χ0n) is 10.3. The number of aromatic nitrogens is 2. The highest BCUT2D eigenvalue weighted by Gasteiger charge is 1.94. The van der Waals surface area contributed by atoms with Gasteiger partial charge < -0.3 is 0 Å². The fourth-order valence-corrected chi connectivity index (χ4v) is 1.12. The maximum Gasteiger partial charge on any atom is 0.159 e. The fourth-order valence-electron chi connectivity index (χ4n) is 1.12. The number of rotatable bonds is 0. The predicted molar refractivity (Wildman–Crippen MR) is 67.0 cm³/mol. The summed E-state index contributed by atoms with van der Waals surface area (Å²) in [5, 5.41) is 1.13. The summed E-state index contributed by atoms with van der Waals surface area (Å²) in [5.74, 6) is 0. The van der Waals surface area contributed by atoms with Crippen LogP contribution in [0.3, 0.4) is 0 Å². The Balaban J connectivity index is 0.000000442. The van der Waals surface area contributed by atoms with Gasteiger partial charge in [0.15, 0.2) is 5.65 Å². The third-order valence-electron chi connectivity index (χ3n) is 1.73. The first-order valence-corrected chi connectivity index (χ1v) is 5.54. The van der Waals surface area contributed by atoms with Crippen LogP contribution in [0.15, 0.2) is 30.6 Å². The highest BCUT2D eigenvalue weighted by molar-refractivity contribution is 5.77. The lowest BCUT2D eigenvalue weighted by atomic mass is 10.2. The van der Waals surface area contributed by atoms with E-state index in [4.69, 9.17) is 0 Å². The average Bonchev–Trinajstić information content (AvgIpc) is 2.35. The smallest absolute Gasteiger partial charge is 0.159 e. The van der Waals surface area contributed by atoms with E-state index >= 15 is 0 Å². The molecule has 2 nitrogen and oxygen atoms in total. The molecule has 0 aliphatic carbocycles. The summed E-state index contributed by atoms with van der Waals surface area (Å²) in [7, 11) is 0. The minimum absolute atomic E-state index is 0.826. The maximum absolute atomic E-state index is 4.13. The van der Waals surface area contributed by atoms with Gasteiger partial charge in [-0.15, -0.1) is 0 Å². The van der Waals surface area contributed by atoms with Crippen LogP contribution in [0, 0.1) is 6.92 Å². The number of hydrogen-bond acceptors (Lipinski definition) is 2. The van der Waals surface area contributed by atoms with E-state index < -0.39 is 0 Å². The first-order chi connectivity index (χ1) is 7.38. The molecule has 82 valence electrons. The van der Waals surface area contributed by atoms with Crippen LogP contribution in [0.25, 0.3) is 11.0 Å². The van der Waals surface area contributed by atoms with E-state index in [-0.39, 0.29) is 0 Å². The topological polar surface area (TPSA) is 25.8 Å². The highest BCUT2D eigenvalue weighted by Crippen LogP contribution is 2.11. The van der Waals surface area contributed by atoms with Crippen LogP contribution >= 0.6 is 0 Å². The molecule has 2 rings (SSSR count). The molecule has 0 unspecified atom stereocenters. The van der Waals surface area contributed by atoms with Gasteiger partial charge in [-0.3, -0.25) is 0 Å². The SMILES string of the molecule is CC.CC.Cc1ccnc2ncccc12. The molecular weight excluding hydrogens is 184 g/mol. The molecule has 0 spiro atoms. The van der Waals surface area contributed by atoms with Crippen molar-refractivity contribution in [2.75, 3.05) is 0 Å². The quantitative estimate of drug-likeness (QED) is 0.648. The lowest BCUT2D eigenvalue weighted by molar-refractivity contribution is 1.27. The van der Waals surface area contributed by atoms with Crippen molar-refractivity contribution in [2.45, 2.75) is 34.6 Å². The van der Waals surface area contributed by atoms with Crippen molar-refractivity contribution >= 4 is 11.0 Å². The Hall–Kier alpha value is -1.44. The molecular formula is C13H20N2. The molecule has 2 aromatic rings. The third kappa shape index (κ3) is 3.66. The van der Waals surface area contributed by atoms with Gasteiger partial charge in [-0.2, -0.15) is 0 Å². The van der Waals surface area contributed by atoms with Gasteiger partial charge in [-0.25, -0.2) is 9.97 Å². The van der Waals surface area contributed by atoms with E-state index in [9.17, 15) is 0 Å². The van der Waals surface area contributed by atoms with E-state index in [0.29, 0.717) is 0 Å². The van der Waals surface area contributed by atoms with E-state index in [2.05, 4.69) is 16.9 Å². The van der Waals surface area contributed by atoms with E-state index in [1.807, 2.05) is 45.9 Å². The number of hydrogen-bond donors (Lipinski definition) is 0. The molecule has 2 aromatic heterocycles.